The van der Waals surface area contributed by atoms with E-state index in [2.05, 4.69) is 15.8 Å². The van der Waals surface area contributed by atoms with E-state index in [0.29, 0.717) is 6.42 Å². The number of fused-ring (bicyclic) bond motifs is 1. The van der Waals surface area contributed by atoms with Crippen LogP contribution in [0.1, 0.15) is 18.1 Å². The third kappa shape index (κ3) is 2.59. The van der Waals surface area contributed by atoms with Crippen molar-refractivity contribution in [2.45, 2.75) is 18.6 Å². The molecule has 2 heterocycles. The highest BCUT2D eigenvalue weighted by molar-refractivity contribution is 8.14. The fourth-order valence-electron chi connectivity index (χ4n) is 3.08. The topological polar surface area (TPSA) is 70.6 Å². The van der Waals surface area contributed by atoms with Gasteiger partial charge in [0.15, 0.2) is 0 Å². The fraction of sp³-hybridized carbons (Fsp3) is 0.167. The van der Waals surface area contributed by atoms with Gasteiger partial charge in [-0.15, -0.1) is 0 Å². The Morgan fingerprint density at radius 1 is 1.12 bits per heavy atom. The van der Waals surface area contributed by atoms with E-state index in [-0.39, 0.29) is 16.4 Å². The van der Waals surface area contributed by atoms with Crippen LogP contribution in [0.15, 0.2) is 47.6 Å². The van der Waals surface area contributed by atoms with Crippen LogP contribution in [0.5, 0.6) is 0 Å². The number of amides is 2. The number of hydrogen-bond donors (Lipinski definition) is 2. The lowest BCUT2D eigenvalue weighted by Gasteiger charge is -2.20. The first kappa shape index (κ1) is 15.0. The summed E-state index contributed by atoms with van der Waals surface area (Å²) in [6.45, 7) is 1.96. The van der Waals surface area contributed by atoms with Crippen LogP contribution < -0.4 is 10.7 Å². The summed E-state index contributed by atoms with van der Waals surface area (Å²) in [5.41, 5.74) is 8.13. The Hall–Kier alpha value is -2.60. The molecule has 2 aromatic carbocycles. The van der Waals surface area contributed by atoms with Crippen molar-refractivity contribution in [3.63, 3.8) is 0 Å². The lowest BCUT2D eigenvalue weighted by atomic mass is 9.95. The number of carbonyl (C=O) groups is 2. The van der Waals surface area contributed by atoms with E-state index >= 15 is 0 Å². The smallest absolute Gasteiger partial charge is 0.299 e. The average Bonchev–Trinajstić information content (AvgIpc) is 2.95. The number of nitrogens with one attached hydrogen (secondary N) is 2. The summed E-state index contributed by atoms with van der Waals surface area (Å²) < 4.78 is 0. The van der Waals surface area contributed by atoms with Gasteiger partial charge >= 0.3 is 0 Å². The van der Waals surface area contributed by atoms with Crippen LogP contribution in [-0.2, 0) is 11.2 Å². The van der Waals surface area contributed by atoms with E-state index in [4.69, 9.17) is 0 Å². The molecule has 0 saturated heterocycles. The number of hydrazone groups is 1. The van der Waals surface area contributed by atoms with Gasteiger partial charge in [0.25, 0.3) is 5.24 Å². The molecule has 1 atom stereocenters. The lowest BCUT2D eigenvalue weighted by Crippen LogP contribution is -2.29. The van der Waals surface area contributed by atoms with Crippen molar-refractivity contribution in [2.75, 3.05) is 5.32 Å². The maximum atomic E-state index is 11.9. The zero-order valence-electron chi connectivity index (χ0n) is 13.0. The van der Waals surface area contributed by atoms with E-state index in [1.165, 1.54) is 11.8 Å². The summed E-state index contributed by atoms with van der Waals surface area (Å²) in [6, 6.07) is 14.0. The maximum absolute atomic E-state index is 11.9. The molecular weight excluding hydrogens is 322 g/mol. The molecule has 2 aliphatic rings. The molecule has 4 rings (SSSR count). The molecule has 0 fully saturated rings. The van der Waals surface area contributed by atoms with Crippen molar-refractivity contribution in [1.82, 2.24) is 5.43 Å². The van der Waals surface area contributed by atoms with Crippen LogP contribution >= 0.6 is 11.8 Å². The molecule has 1 unspecified atom stereocenters. The molecule has 24 heavy (non-hydrogen) atoms. The highest BCUT2D eigenvalue weighted by Crippen LogP contribution is 2.37. The number of anilines is 1. The Kier molecular flexibility index (Phi) is 3.61. The van der Waals surface area contributed by atoms with E-state index in [9.17, 15) is 9.59 Å². The van der Waals surface area contributed by atoms with Gasteiger partial charge in [-0.05, 0) is 35.7 Å². The summed E-state index contributed by atoms with van der Waals surface area (Å²) in [5, 5.41) is 7.01. The summed E-state index contributed by atoms with van der Waals surface area (Å²) in [6.07, 6.45) is 0.365. The van der Waals surface area contributed by atoms with Crippen LogP contribution in [0, 0.1) is 0 Å². The molecule has 0 spiro atoms. The third-order valence-electron chi connectivity index (χ3n) is 4.15. The number of rotatable bonds is 2. The van der Waals surface area contributed by atoms with Gasteiger partial charge in [-0.1, -0.05) is 42.1 Å². The summed E-state index contributed by atoms with van der Waals surface area (Å²) in [7, 11) is 0. The van der Waals surface area contributed by atoms with Gasteiger partial charge in [0.1, 0.15) is 0 Å². The highest BCUT2D eigenvalue weighted by atomic mass is 32.2. The quantitative estimate of drug-likeness (QED) is 0.882. The summed E-state index contributed by atoms with van der Waals surface area (Å²) in [4.78, 5) is 23.3. The van der Waals surface area contributed by atoms with Crippen molar-refractivity contribution in [3.8, 4) is 11.1 Å². The van der Waals surface area contributed by atoms with E-state index in [0.717, 1.165) is 33.7 Å². The normalized spacial score (nSPS) is 19.4. The van der Waals surface area contributed by atoms with Gasteiger partial charge in [0.2, 0.25) is 5.91 Å². The first-order valence-electron chi connectivity index (χ1n) is 7.68. The summed E-state index contributed by atoms with van der Waals surface area (Å²) in [5.74, 6) is 0.000593. The number of thioether (sulfide) groups is 1. The molecule has 0 saturated carbocycles. The minimum absolute atomic E-state index is 0.000593. The average molecular weight is 337 g/mol. The number of hydrogen-bond acceptors (Lipinski definition) is 4. The van der Waals surface area contributed by atoms with Crippen molar-refractivity contribution < 1.29 is 9.59 Å². The second-order valence-corrected chi connectivity index (χ2v) is 7.12. The first-order valence-corrected chi connectivity index (χ1v) is 8.56. The zero-order valence-corrected chi connectivity index (χ0v) is 13.8. The predicted octanol–water partition coefficient (Wildman–Crippen LogP) is 3.40. The Morgan fingerprint density at radius 2 is 1.92 bits per heavy atom. The molecule has 0 bridgehead atoms. The minimum atomic E-state index is -0.146. The monoisotopic (exact) mass is 337 g/mol. The van der Waals surface area contributed by atoms with Gasteiger partial charge < -0.3 is 5.32 Å². The van der Waals surface area contributed by atoms with Crippen LogP contribution in [0.3, 0.4) is 0 Å². The van der Waals surface area contributed by atoms with Gasteiger partial charge in [-0.2, -0.15) is 5.10 Å². The number of carbonyl (C=O) groups excluding carboxylic acids is 2. The fourth-order valence-corrected chi connectivity index (χ4v) is 3.80. The van der Waals surface area contributed by atoms with Crippen LogP contribution in [0.25, 0.3) is 11.1 Å². The van der Waals surface area contributed by atoms with Crippen LogP contribution in [-0.4, -0.2) is 22.1 Å². The Balaban J connectivity index is 1.87. The Bertz CT molecular complexity index is 877. The molecule has 0 aliphatic carbocycles. The molecule has 2 aliphatic heterocycles. The molecule has 120 valence electrons. The highest BCUT2D eigenvalue weighted by Gasteiger charge is 2.27. The van der Waals surface area contributed by atoms with Crippen molar-refractivity contribution in [3.05, 3.63) is 53.6 Å². The lowest BCUT2D eigenvalue weighted by molar-refractivity contribution is -0.115. The van der Waals surface area contributed by atoms with Crippen molar-refractivity contribution in [1.29, 1.82) is 0 Å². The predicted molar refractivity (Wildman–Crippen MR) is 96.3 cm³/mol. The molecule has 0 aromatic heterocycles. The standard InChI is InChI=1S/C18H15N3O2S/c1-10-16(20-21-18(23)24-10)12-7-13-9-15(22)19-17(13)14(8-12)11-5-3-2-4-6-11/h2-8,10H,9H2,1H3,(H,19,22)(H,21,23). The molecule has 5 nitrogen and oxygen atoms in total. The Labute approximate surface area is 143 Å². The van der Waals surface area contributed by atoms with Crippen LogP contribution in [0.2, 0.25) is 0 Å². The summed E-state index contributed by atoms with van der Waals surface area (Å²) >= 11 is 1.22. The second-order valence-electron chi connectivity index (χ2n) is 5.81. The molecule has 2 amide bonds. The first-order chi connectivity index (χ1) is 11.6. The maximum Gasteiger partial charge on any atom is 0.299 e. The third-order valence-corrected chi connectivity index (χ3v) is 5.03. The minimum Gasteiger partial charge on any atom is -0.325 e. The zero-order chi connectivity index (χ0) is 16.7. The van der Waals surface area contributed by atoms with Crippen LogP contribution in [0.4, 0.5) is 10.5 Å². The molecule has 2 aromatic rings. The number of nitrogens with zero attached hydrogens (tertiary/aromatic N) is 1. The van der Waals surface area contributed by atoms with Gasteiger partial charge in [-0.3, -0.25) is 9.59 Å². The van der Waals surface area contributed by atoms with Crippen molar-refractivity contribution >= 4 is 34.3 Å². The van der Waals surface area contributed by atoms with E-state index < -0.39 is 0 Å². The van der Waals surface area contributed by atoms with Gasteiger partial charge in [-0.25, -0.2) is 5.43 Å². The molecular formula is C18H15N3O2S. The SMILES string of the molecule is CC1SC(=O)NN=C1c1cc2c(c(-c3ccccc3)c1)NC(=O)C2. The largest absolute Gasteiger partial charge is 0.325 e. The van der Waals surface area contributed by atoms with E-state index in [1.807, 2.05) is 49.4 Å². The van der Waals surface area contributed by atoms with Crippen molar-refractivity contribution in [2.24, 2.45) is 5.10 Å². The molecule has 2 N–H and O–H groups in total. The second kappa shape index (κ2) is 5.79. The van der Waals surface area contributed by atoms with Gasteiger partial charge in [0, 0.05) is 5.56 Å². The van der Waals surface area contributed by atoms with E-state index in [1.54, 1.807) is 0 Å². The molecule has 0 radical (unpaired) electrons. The molecule has 6 heteroatoms. The Morgan fingerprint density at radius 3 is 2.67 bits per heavy atom. The van der Waals surface area contributed by atoms with Gasteiger partial charge in [0.05, 0.1) is 23.1 Å². The number of benzene rings is 2.